The number of carbonyl (C=O) groups is 1. The van der Waals surface area contributed by atoms with Gasteiger partial charge in [0.15, 0.2) is 0 Å². The monoisotopic (exact) mass is 236 g/mol. The lowest BCUT2D eigenvalue weighted by Gasteiger charge is -2.16. The Morgan fingerprint density at radius 2 is 2.18 bits per heavy atom. The van der Waals surface area contributed by atoms with E-state index < -0.39 is 0 Å². The van der Waals surface area contributed by atoms with Crippen molar-refractivity contribution in [3.05, 3.63) is 29.8 Å². The summed E-state index contributed by atoms with van der Waals surface area (Å²) in [7, 11) is 0. The Kier molecular flexibility index (Phi) is 5.49. The van der Waals surface area contributed by atoms with Crippen LogP contribution in [-0.4, -0.2) is 23.6 Å². The maximum atomic E-state index is 11.9. The molecule has 0 radical (unpaired) electrons. The van der Waals surface area contributed by atoms with Crippen molar-refractivity contribution >= 4 is 5.91 Å². The van der Waals surface area contributed by atoms with Gasteiger partial charge in [0.2, 0.25) is 0 Å². The van der Waals surface area contributed by atoms with Crippen molar-refractivity contribution in [2.24, 2.45) is 5.73 Å². The van der Waals surface area contributed by atoms with Crippen LogP contribution in [0.15, 0.2) is 24.3 Å². The van der Waals surface area contributed by atoms with Gasteiger partial charge in [-0.05, 0) is 18.6 Å². The third-order valence-corrected chi connectivity index (χ3v) is 2.67. The fraction of sp³-hybridized carbons (Fsp3) is 0.462. The number of phenolic OH excluding ortho intramolecular Hbond substituents is 1. The van der Waals surface area contributed by atoms with Crippen LogP contribution in [0, 0.1) is 0 Å². The summed E-state index contributed by atoms with van der Waals surface area (Å²) in [6.45, 7) is 2.51. The summed E-state index contributed by atoms with van der Waals surface area (Å²) in [5.41, 5.74) is 5.89. The maximum absolute atomic E-state index is 11.9. The lowest BCUT2D eigenvalue weighted by atomic mass is 10.1. The molecule has 1 atom stereocenters. The highest BCUT2D eigenvalue weighted by Gasteiger charge is 2.14. The van der Waals surface area contributed by atoms with E-state index in [1.54, 1.807) is 18.2 Å². The maximum Gasteiger partial charge on any atom is 0.255 e. The first-order chi connectivity index (χ1) is 8.19. The second-order valence-electron chi connectivity index (χ2n) is 4.07. The summed E-state index contributed by atoms with van der Waals surface area (Å²) < 4.78 is 0. The Morgan fingerprint density at radius 3 is 2.76 bits per heavy atom. The molecule has 0 fully saturated rings. The number of unbranched alkanes of at least 4 members (excludes halogenated alkanes) is 1. The summed E-state index contributed by atoms with van der Waals surface area (Å²) in [5.74, 6) is -0.272. The van der Waals surface area contributed by atoms with Crippen LogP contribution in [-0.2, 0) is 0 Å². The van der Waals surface area contributed by atoms with Crippen molar-refractivity contribution in [3.63, 3.8) is 0 Å². The second kappa shape index (κ2) is 6.91. The van der Waals surface area contributed by atoms with E-state index >= 15 is 0 Å². The fourth-order valence-electron chi connectivity index (χ4n) is 1.63. The molecule has 1 aromatic rings. The van der Waals surface area contributed by atoms with Crippen LogP contribution in [0.5, 0.6) is 5.75 Å². The zero-order valence-corrected chi connectivity index (χ0v) is 10.1. The van der Waals surface area contributed by atoms with Crippen LogP contribution in [0.25, 0.3) is 0 Å². The van der Waals surface area contributed by atoms with Crippen LogP contribution in [0.1, 0.15) is 36.5 Å². The highest BCUT2D eigenvalue weighted by Crippen LogP contribution is 2.15. The highest BCUT2D eigenvalue weighted by molar-refractivity contribution is 5.96. The average Bonchev–Trinajstić information content (AvgIpc) is 2.34. The molecule has 4 nitrogen and oxygen atoms in total. The number of aromatic hydroxyl groups is 1. The summed E-state index contributed by atoms with van der Waals surface area (Å²) in [6, 6.07) is 6.47. The Morgan fingerprint density at radius 1 is 1.47 bits per heavy atom. The molecule has 17 heavy (non-hydrogen) atoms. The predicted octanol–water partition coefficient (Wildman–Crippen LogP) is 1.64. The van der Waals surface area contributed by atoms with Gasteiger partial charge in [-0.25, -0.2) is 0 Å². The number of hydrogen-bond acceptors (Lipinski definition) is 3. The van der Waals surface area contributed by atoms with E-state index in [4.69, 9.17) is 5.73 Å². The van der Waals surface area contributed by atoms with Crippen molar-refractivity contribution in [1.82, 2.24) is 5.32 Å². The Balaban J connectivity index is 2.61. The number of phenols is 1. The van der Waals surface area contributed by atoms with Crippen molar-refractivity contribution < 1.29 is 9.90 Å². The highest BCUT2D eigenvalue weighted by atomic mass is 16.3. The molecule has 1 unspecified atom stereocenters. The van der Waals surface area contributed by atoms with Crippen molar-refractivity contribution in [2.45, 2.75) is 32.2 Å². The lowest BCUT2D eigenvalue weighted by molar-refractivity contribution is 0.0933. The number of hydrogen-bond donors (Lipinski definition) is 3. The minimum atomic E-state index is -0.269. The molecule has 0 bridgehead atoms. The molecular formula is C13H20N2O2. The van der Waals surface area contributed by atoms with Crippen LogP contribution in [0.3, 0.4) is 0 Å². The van der Waals surface area contributed by atoms with Crippen molar-refractivity contribution in [2.75, 3.05) is 6.54 Å². The van der Waals surface area contributed by atoms with Gasteiger partial charge in [0.1, 0.15) is 5.75 Å². The Hall–Kier alpha value is -1.55. The summed E-state index contributed by atoms with van der Waals surface area (Å²) in [4.78, 5) is 11.9. The molecular weight excluding hydrogens is 216 g/mol. The van der Waals surface area contributed by atoms with Gasteiger partial charge in [0, 0.05) is 12.6 Å². The van der Waals surface area contributed by atoms with Crippen molar-refractivity contribution in [3.8, 4) is 5.75 Å². The van der Waals surface area contributed by atoms with Gasteiger partial charge in [0.05, 0.1) is 5.56 Å². The SMILES string of the molecule is CCCCC(CN)NC(=O)c1ccccc1O. The van der Waals surface area contributed by atoms with E-state index in [2.05, 4.69) is 12.2 Å². The zero-order chi connectivity index (χ0) is 12.7. The van der Waals surface area contributed by atoms with Gasteiger partial charge in [-0.15, -0.1) is 0 Å². The number of benzene rings is 1. The number of rotatable bonds is 6. The quantitative estimate of drug-likeness (QED) is 0.703. The minimum absolute atomic E-state index is 0.00346. The Bertz CT molecular complexity index is 366. The van der Waals surface area contributed by atoms with E-state index in [0.29, 0.717) is 12.1 Å². The van der Waals surface area contributed by atoms with Crippen LogP contribution < -0.4 is 11.1 Å². The molecule has 0 spiro atoms. The van der Waals surface area contributed by atoms with E-state index in [1.807, 2.05) is 0 Å². The molecule has 1 rings (SSSR count). The summed E-state index contributed by atoms with van der Waals surface area (Å²) in [6.07, 6.45) is 2.97. The topological polar surface area (TPSA) is 75.3 Å². The van der Waals surface area contributed by atoms with Crippen LogP contribution >= 0.6 is 0 Å². The molecule has 0 aliphatic heterocycles. The summed E-state index contributed by atoms with van der Waals surface area (Å²) in [5, 5.41) is 12.4. The number of nitrogens with one attached hydrogen (secondary N) is 1. The van der Waals surface area contributed by atoms with Gasteiger partial charge in [-0.3, -0.25) is 4.79 Å². The van der Waals surface area contributed by atoms with Gasteiger partial charge in [0.25, 0.3) is 5.91 Å². The van der Waals surface area contributed by atoms with Gasteiger partial charge in [-0.2, -0.15) is 0 Å². The minimum Gasteiger partial charge on any atom is -0.507 e. The van der Waals surface area contributed by atoms with E-state index in [-0.39, 0.29) is 17.7 Å². The third kappa shape index (κ3) is 4.07. The van der Waals surface area contributed by atoms with Crippen LogP contribution in [0.4, 0.5) is 0 Å². The van der Waals surface area contributed by atoms with E-state index in [9.17, 15) is 9.90 Å². The molecule has 0 heterocycles. The molecule has 0 aromatic heterocycles. The normalized spacial score (nSPS) is 12.1. The van der Waals surface area contributed by atoms with Gasteiger partial charge < -0.3 is 16.2 Å². The predicted molar refractivity (Wildman–Crippen MR) is 67.9 cm³/mol. The van der Waals surface area contributed by atoms with E-state index in [1.165, 1.54) is 6.07 Å². The number of nitrogens with two attached hydrogens (primary N) is 1. The number of carbonyl (C=O) groups excluding carboxylic acids is 1. The molecule has 1 amide bonds. The van der Waals surface area contributed by atoms with Crippen molar-refractivity contribution in [1.29, 1.82) is 0 Å². The molecule has 4 heteroatoms. The zero-order valence-electron chi connectivity index (χ0n) is 10.1. The number of para-hydroxylation sites is 1. The smallest absolute Gasteiger partial charge is 0.255 e. The molecule has 0 saturated heterocycles. The van der Waals surface area contributed by atoms with E-state index in [0.717, 1.165) is 19.3 Å². The first-order valence-electron chi connectivity index (χ1n) is 5.98. The standard InChI is InChI=1S/C13H20N2O2/c1-2-3-6-10(9-14)15-13(17)11-7-4-5-8-12(11)16/h4-5,7-8,10,16H,2-3,6,9,14H2,1H3,(H,15,17). The second-order valence-corrected chi connectivity index (χ2v) is 4.07. The fourth-order valence-corrected chi connectivity index (χ4v) is 1.63. The lowest BCUT2D eigenvalue weighted by Crippen LogP contribution is -2.40. The largest absolute Gasteiger partial charge is 0.507 e. The first-order valence-corrected chi connectivity index (χ1v) is 5.98. The average molecular weight is 236 g/mol. The molecule has 0 saturated carbocycles. The van der Waals surface area contributed by atoms with Gasteiger partial charge in [-0.1, -0.05) is 31.9 Å². The number of amides is 1. The molecule has 0 aliphatic rings. The van der Waals surface area contributed by atoms with Crippen LogP contribution in [0.2, 0.25) is 0 Å². The molecule has 94 valence electrons. The Labute approximate surface area is 102 Å². The third-order valence-electron chi connectivity index (χ3n) is 2.67. The molecule has 1 aromatic carbocycles. The first kappa shape index (κ1) is 13.5. The molecule has 0 aliphatic carbocycles. The van der Waals surface area contributed by atoms with Gasteiger partial charge >= 0.3 is 0 Å². The molecule has 4 N–H and O–H groups in total. The summed E-state index contributed by atoms with van der Waals surface area (Å²) >= 11 is 0.